The molecular weight excluding hydrogens is 397 g/mol. The highest BCUT2D eigenvalue weighted by molar-refractivity contribution is 9.09. The Morgan fingerprint density at radius 1 is 1.04 bits per heavy atom. The molecule has 0 saturated carbocycles. The Bertz CT molecular complexity index is 794. The van der Waals surface area contributed by atoms with Crippen molar-refractivity contribution in [2.24, 2.45) is 10.1 Å². The Labute approximate surface area is 142 Å². The van der Waals surface area contributed by atoms with Crippen molar-refractivity contribution in [1.82, 2.24) is 4.68 Å². The van der Waals surface area contributed by atoms with Crippen LogP contribution in [0.3, 0.4) is 0 Å². The third kappa shape index (κ3) is 3.40. The van der Waals surface area contributed by atoms with Crippen LogP contribution in [-0.2, 0) is 5.92 Å². The van der Waals surface area contributed by atoms with Crippen LogP contribution in [-0.4, -0.2) is 23.0 Å². The van der Waals surface area contributed by atoms with Crippen LogP contribution in [0.5, 0.6) is 0 Å². The van der Waals surface area contributed by atoms with E-state index < -0.39 is 17.7 Å². The molecule has 0 radical (unpaired) electrons. The van der Waals surface area contributed by atoms with Crippen LogP contribution in [0.15, 0.2) is 52.7 Å². The van der Waals surface area contributed by atoms with Gasteiger partial charge in [-0.15, -0.1) is 0 Å². The second-order valence-corrected chi connectivity index (χ2v) is 5.16. The summed E-state index contributed by atoms with van der Waals surface area (Å²) in [7, 11) is 0. The number of pyridine rings is 1. The molecule has 0 aliphatic heterocycles. The molecule has 2 aromatic rings. The summed E-state index contributed by atoms with van der Waals surface area (Å²) in [6, 6.07) is 7.16. The van der Waals surface area contributed by atoms with Crippen LogP contribution >= 0.6 is 15.9 Å². The van der Waals surface area contributed by atoms with Crippen molar-refractivity contribution in [3.05, 3.63) is 53.6 Å². The lowest BCUT2D eigenvalue weighted by Gasteiger charge is -2.20. The molecule has 0 fully saturated rings. The van der Waals surface area contributed by atoms with Crippen LogP contribution in [0, 0.1) is 0 Å². The van der Waals surface area contributed by atoms with Crippen molar-refractivity contribution >= 4 is 22.6 Å². The maximum absolute atomic E-state index is 13.3. The third-order valence-electron chi connectivity index (χ3n) is 3.22. The Morgan fingerprint density at radius 2 is 1.67 bits per heavy atom. The predicted octanol–water partition coefficient (Wildman–Crippen LogP) is 4.53. The maximum Gasteiger partial charge on any atom is 0.458 e. The van der Waals surface area contributed by atoms with Gasteiger partial charge in [-0.2, -0.15) is 27.1 Å². The van der Waals surface area contributed by atoms with E-state index >= 15 is 0 Å². The third-order valence-corrected chi connectivity index (χ3v) is 3.48. The lowest BCUT2D eigenvalue weighted by molar-refractivity contribution is -0.289. The number of nitrogens with zero attached hydrogens (tertiary/aromatic N) is 3. The first-order valence-electron chi connectivity index (χ1n) is 6.53. The zero-order valence-electron chi connectivity index (χ0n) is 12.1. The number of hydrogen-bond acceptors (Lipinski definition) is 2. The van der Waals surface area contributed by atoms with Crippen LogP contribution in [0.1, 0.15) is 5.56 Å². The summed E-state index contributed by atoms with van der Waals surface area (Å²) in [5.41, 5.74) is 0.466. The fourth-order valence-corrected chi connectivity index (χ4v) is 2.30. The average Bonchev–Trinajstić information content (AvgIpc) is 2.54. The second-order valence-electron chi connectivity index (χ2n) is 4.66. The lowest BCUT2D eigenvalue weighted by atomic mass is 10.0. The maximum atomic E-state index is 13.3. The fourth-order valence-electron chi connectivity index (χ4n) is 2.07. The van der Waals surface area contributed by atoms with E-state index in [0.717, 1.165) is 12.1 Å². The Balaban J connectivity index is 2.54. The van der Waals surface area contributed by atoms with E-state index in [-0.39, 0.29) is 5.45 Å². The summed E-state index contributed by atoms with van der Waals surface area (Å²) in [6.45, 7) is 3.40. The molecule has 0 spiro atoms. The van der Waals surface area contributed by atoms with E-state index in [1.807, 2.05) is 0 Å². The molecule has 1 aromatic carbocycles. The molecular formula is C15H11BrF5N3. The van der Waals surface area contributed by atoms with Crippen LogP contribution < -0.4 is 5.49 Å². The molecule has 2 rings (SSSR count). The number of alkyl halides is 6. The normalized spacial score (nSPS) is 13.2. The number of benzene rings is 1. The Kier molecular flexibility index (Phi) is 5.22. The minimum absolute atomic E-state index is 0.254. The molecule has 9 heteroatoms. The molecule has 0 unspecified atom stereocenters. The molecule has 0 atom stereocenters. The van der Waals surface area contributed by atoms with Gasteiger partial charge in [0.2, 0.25) is 0 Å². The first-order valence-corrected chi connectivity index (χ1v) is 7.65. The summed E-state index contributed by atoms with van der Waals surface area (Å²) in [5, 5.41) is 3.75. The standard InChI is InChI=1S/C15H11BrF5N3/c1-22-24-8-2-3-12(13(24)23-9-16)10-4-6-11(7-5-10)14(17,18)15(19,20)21/h2-8H,1,9H2/b23-13-. The highest BCUT2D eigenvalue weighted by Gasteiger charge is 2.58. The molecule has 0 aliphatic carbocycles. The Hall–Kier alpha value is -2.03. The molecule has 0 bridgehead atoms. The van der Waals surface area contributed by atoms with E-state index in [0.29, 0.717) is 16.6 Å². The van der Waals surface area contributed by atoms with Crippen molar-refractivity contribution < 1.29 is 22.0 Å². The van der Waals surface area contributed by atoms with Crippen molar-refractivity contribution in [3.63, 3.8) is 0 Å². The smallest absolute Gasteiger partial charge is 0.255 e. The molecule has 3 nitrogen and oxygen atoms in total. The summed E-state index contributed by atoms with van der Waals surface area (Å²) >= 11 is 3.15. The molecule has 24 heavy (non-hydrogen) atoms. The van der Waals surface area contributed by atoms with Gasteiger partial charge in [-0.05, 0) is 17.7 Å². The van der Waals surface area contributed by atoms with Gasteiger partial charge in [-0.1, -0.05) is 40.2 Å². The van der Waals surface area contributed by atoms with Crippen LogP contribution in [0.2, 0.25) is 0 Å². The van der Waals surface area contributed by atoms with Crippen molar-refractivity contribution in [2.75, 3.05) is 5.45 Å². The summed E-state index contributed by atoms with van der Waals surface area (Å²) in [5.74, 6) is -4.91. The largest absolute Gasteiger partial charge is 0.458 e. The molecule has 0 aliphatic rings. The summed E-state index contributed by atoms with van der Waals surface area (Å²) in [6.07, 6.45) is -4.06. The predicted molar refractivity (Wildman–Crippen MR) is 84.1 cm³/mol. The SMILES string of the molecule is C=Nn1cccc(-c2ccc(C(F)(F)C(F)(F)F)cc2)/c1=N/CBr. The second kappa shape index (κ2) is 6.84. The summed E-state index contributed by atoms with van der Waals surface area (Å²) in [4.78, 5) is 4.18. The molecule has 0 saturated heterocycles. The van der Waals surface area contributed by atoms with Gasteiger partial charge in [0, 0.05) is 24.0 Å². The zero-order chi connectivity index (χ0) is 18.0. The first kappa shape index (κ1) is 18.3. The minimum atomic E-state index is -5.65. The number of hydrogen-bond donors (Lipinski definition) is 0. The topological polar surface area (TPSA) is 29.6 Å². The lowest BCUT2D eigenvalue weighted by Crippen LogP contribution is -2.33. The average molecular weight is 408 g/mol. The fraction of sp³-hybridized carbons (Fsp3) is 0.200. The van der Waals surface area contributed by atoms with Crippen molar-refractivity contribution in [2.45, 2.75) is 12.1 Å². The van der Waals surface area contributed by atoms with Crippen LogP contribution in [0.4, 0.5) is 22.0 Å². The van der Waals surface area contributed by atoms with Gasteiger partial charge < -0.3 is 0 Å². The van der Waals surface area contributed by atoms with Gasteiger partial charge in [-0.3, -0.25) is 4.99 Å². The number of rotatable bonds is 4. The van der Waals surface area contributed by atoms with Crippen molar-refractivity contribution in [1.29, 1.82) is 0 Å². The van der Waals surface area contributed by atoms with Gasteiger partial charge in [0.15, 0.2) is 5.49 Å². The van der Waals surface area contributed by atoms with Crippen LogP contribution in [0.25, 0.3) is 11.1 Å². The van der Waals surface area contributed by atoms with E-state index in [1.54, 1.807) is 18.3 Å². The molecule has 128 valence electrons. The minimum Gasteiger partial charge on any atom is -0.255 e. The van der Waals surface area contributed by atoms with Gasteiger partial charge in [0.1, 0.15) is 0 Å². The quantitative estimate of drug-likeness (QED) is 0.308. The van der Waals surface area contributed by atoms with Gasteiger partial charge >= 0.3 is 12.1 Å². The van der Waals surface area contributed by atoms with Gasteiger partial charge in [-0.25, -0.2) is 4.68 Å². The highest BCUT2D eigenvalue weighted by Crippen LogP contribution is 2.43. The van der Waals surface area contributed by atoms with Crippen molar-refractivity contribution in [3.8, 4) is 11.1 Å². The molecule has 0 amide bonds. The number of aromatic nitrogens is 1. The monoisotopic (exact) mass is 407 g/mol. The highest BCUT2D eigenvalue weighted by atomic mass is 79.9. The van der Waals surface area contributed by atoms with Gasteiger partial charge in [0.25, 0.3) is 0 Å². The Morgan fingerprint density at radius 3 is 2.17 bits per heavy atom. The zero-order valence-corrected chi connectivity index (χ0v) is 13.7. The molecule has 1 aromatic heterocycles. The van der Waals surface area contributed by atoms with E-state index in [4.69, 9.17) is 0 Å². The summed E-state index contributed by atoms with van der Waals surface area (Å²) < 4.78 is 65.3. The van der Waals surface area contributed by atoms with Gasteiger partial charge in [0.05, 0.1) is 5.45 Å². The molecule has 1 heterocycles. The van der Waals surface area contributed by atoms with E-state index in [2.05, 4.69) is 32.7 Å². The van der Waals surface area contributed by atoms with E-state index in [1.165, 1.54) is 16.8 Å². The van der Waals surface area contributed by atoms with E-state index in [9.17, 15) is 22.0 Å². The molecule has 0 N–H and O–H groups in total. The number of halogens is 6. The first-order chi connectivity index (χ1) is 11.2.